The van der Waals surface area contributed by atoms with Crippen molar-refractivity contribution < 1.29 is 28.6 Å². The van der Waals surface area contributed by atoms with E-state index in [0.29, 0.717) is 19.3 Å². The van der Waals surface area contributed by atoms with Crippen LogP contribution in [0, 0.1) is 0 Å². The molecule has 0 radical (unpaired) electrons. The highest BCUT2D eigenvalue weighted by Gasteiger charge is 2.19. The van der Waals surface area contributed by atoms with Crippen LogP contribution < -0.4 is 0 Å². The molecule has 6 nitrogen and oxygen atoms in total. The highest BCUT2D eigenvalue weighted by atomic mass is 16.6. The zero-order valence-electron chi connectivity index (χ0n) is 48.9. The molecule has 6 heteroatoms. The molecule has 0 aromatic carbocycles. The number of carbonyl (C=O) groups is 3. The van der Waals surface area contributed by atoms with E-state index in [1.807, 2.05) is 0 Å². The average Bonchev–Trinajstić information content (AvgIpc) is 3.39. The van der Waals surface area contributed by atoms with Gasteiger partial charge in [0.25, 0.3) is 0 Å². The standard InChI is InChI=1S/C67H122O6/c1-4-7-10-13-16-19-22-25-28-30-31-32-33-34-35-37-39-42-45-48-51-54-57-60-66(69)72-63-64(62-71-65(68)59-56-53-50-47-44-41-38-27-24-21-18-15-12-9-6-3)73-67(70)61-58-55-52-49-46-43-40-36-29-26-23-20-17-14-11-8-5-2/h22,25,27,30-31,33-34,38,64H,4-21,23-24,26,28-29,32,35-37,39-63H2,1-3H3/b25-22-,31-30-,34-33-,38-27-. The number of ether oxygens (including phenoxy) is 3. The van der Waals surface area contributed by atoms with Crippen molar-refractivity contribution in [2.24, 2.45) is 0 Å². The Morgan fingerprint density at radius 2 is 0.493 bits per heavy atom. The van der Waals surface area contributed by atoms with Crippen LogP contribution in [0.1, 0.15) is 342 Å². The number of unbranched alkanes of at least 4 members (excludes halogenated alkanes) is 40. The van der Waals surface area contributed by atoms with Crippen LogP contribution in [0.4, 0.5) is 0 Å². The number of rotatable bonds is 59. The van der Waals surface area contributed by atoms with Crippen molar-refractivity contribution in [1.82, 2.24) is 0 Å². The van der Waals surface area contributed by atoms with Crippen LogP contribution in [0.25, 0.3) is 0 Å². The molecule has 0 aliphatic heterocycles. The molecular weight excluding hydrogens is 901 g/mol. The van der Waals surface area contributed by atoms with Crippen LogP contribution in [-0.4, -0.2) is 37.2 Å². The highest BCUT2D eigenvalue weighted by Crippen LogP contribution is 2.17. The Bertz CT molecular complexity index is 1270. The smallest absolute Gasteiger partial charge is 0.306 e. The third-order valence-electron chi connectivity index (χ3n) is 14.3. The predicted molar refractivity (Wildman–Crippen MR) is 316 cm³/mol. The van der Waals surface area contributed by atoms with Crippen LogP contribution in [-0.2, 0) is 28.6 Å². The van der Waals surface area contributed by atoms with E-state index < -0.39 is 6.10 Å². The van der Waals surface area contributed by atoms with Gasteiger partial charge < -0.3 is 14.2 Å². The van der Waals surface area contributed by atoms with Gasteiger partial charge in [0.15, 0.2) is 6.10 Å². The fourth-order valence-corrected chi connectivity index (χ4v) is 9.45. The number of allylic oxidation sites excluding steroid dienone is 8. The normalized spacial score (nSPS) is 12.3. The Morgan fingerprint density at radius 3 is 0.781 bits per heavy atom. The van der Waals surface area contributed by atoms with Gasteiger partial charge in [-0.2, -0.15) is 0 Å². The summed E-state index contributed by atoms with van der Waals surface area (Å²) in [4.78, 5) is 38.3. The molecule has 426 valence electrons. The Hall–Kier alpha value is -2.63. The first-order valence-electron chi connectivity index (χ1n) is 32.1. The number of hydrogen-bond acceptors (Lipinski definition) is 6. The maximum atomic E-state index is 12.9. The maximum absolute atomic E-state index is 12.9. The summed E-state index contributed by atoms with van der Waals surface area (Å²) in [5.74, 6) is -0.870. The topological polar surface area (TPSA) is 78.9 Å². The van der Waals surface area contributed by atoms with Gasteiger partial charge in [-0.15, -0.1) is 0 Å². The van der Waals surface area contributed by atoms with Crippen molar-refractivity contribution in [3.05, 3.63) is 48.6 Å². The number of carbonyl (C=O) groups excluding carboxylic acids is 3. The molecule has 0 aliphatic rings. The summed E-state index contributed by atoms with van der Waals surface area (Å²) in [6.07, 6.45) is 76.8. The second-order valence-electron chi connectivity index (χ2n) is 21.7. The first-order chi connectivity index (χ1) is 36.0. The van der Waals surface area contributed by atoms with Crippen molar-refractivity contribution in [2.75, 3.05) is 13.2 Å². The molecule has 1 unspecified atom stereocenters. The quantitative estimate of drug-likeness (QED) is 0.0261. The van der Waals surface area contributed by atoms with Crippen LogP contribution in [0.15, 0.2) is 48.6 Å². The summed E-state index contributed by atoms with van der Waals surface area (Å²) in [5.41, 5.74) is 0. The Labute approximate surface area is 454 Å². The molecule has 0 heterocycles. The van der Waals surface area contributed by atoms with E-state index in [2.05, 4.69) is 69.4 Å². The second kappa shape index (κ2) is 61.9. The lowest BCUT2D eigenvalue weighted by Gasteiger charge is -2.18. The minimum atomic E-state index is -0.778. The van der Waals surface area contributed by atoms with Crippen LogP contribution >= 0.6 is 0 Å². The summed E-state index contributed by atoms with van der Waals surface area (Å²) in [7, 11) is 0. The largest absolute Gasteiger partial charge is 0.462 e. The molecule has 0 aromatic heterocycles. The van der Waals surface area contributed by atoms with Gasteiger partial charge in [0.05, 0.1) is 0 Å². The molecule has 0 fully saturated rings. The number of hydrogen-bond donors (Lipinski definition) is 0. The maximum Gasteiger partial charge on any atom is 0.306 e. The fraction of sp³-hybridized carbons (Fsp3) is 0.836. The molecule has 0 amide bonds. The van der Waals surface area contributed by atoms with Gasteiger partial charge in [0.1, 0.15) is 13.2 Å². The zero-order valence-corrected chi connectivity index (χ0v) is 48.9. The van der Waals surface area contributed by atoms with Crippen molar-refractivity contribution in [3.63, 3.8) is 0 Å². The Kier molecular flexibility index (Phi) is 59.7. The lowest BCUT2D eigenvalue weighted by Crippen LogP contribution is -2.30. The van der Waals surface area contributed by atoms with Gasteiger partial charge in [-0.3, -0.25) is 14.4 Å². The summed E-state index contributed by atoms with van der Waals surface area (Å²) < 4.78 is 16.9. The van der Waals surface area contributed by atoms with E-state index in [9.17, 15) is 14.4 Å². The third-order valence-corrected chi connectivity index (χ3v) is 14.3. The van der Waals surface area contributed by atoms with Gasteiger partial charge in [0, 0.05) is 19.3 Å². The van der Waals surface area contributed by atoms with Gasteiger partial charge in [-0.05, 0) is 83.5 Å². The predicted octanol–water partition coefficient (Wildman–Crippen LogP) is 21.8. The summed E-state index contributed by atoms with van der Waals surface area (Å²) in [6.45, 7) is 6.66. The monoisotopic (exact) mass is 1020 g/mol. The SMILES string of the molecule is CCCCCCC/C=C\C/C=C\C/C=C\CCCCCCCCCCC(=O)OCC(COC(=O)CCCCCCC/C=C\CCCCCCCC)OC(=O)CCCCCCCCCCCCCCCCCCC. The lowest BCUT2D eigenvalue weighted by atomic mass is 10.0. The van der Waals surface area contributed by atoms with Gasteiger partial charge >= 0.3 is 17.9 Å². The molecule has 0 saturated heterocycles. The van der Waals surface area contributed by atoms with Gasteiger partial charge in [-0.25, -0.2) is 0 Å². The first kappa shape index (κ1) is 70.4. The molecule has 0 bridgehead atoms. The molecule has 0 aliphatic carbocycles. The van der Waals surface area contributed by atoms with E-state index in [1.165, 1.54) is 218 Å². The minimum absolute atomic E-state index is 0.0762. The van der Waals surface area contributed by atoms with Crippen LogP contribution in [0.3, 0.4) is 0 Å². The van der Waals surface area contributed by atoms with E-state index in [0.717, 1.165) is 83.5 Å². The molecule has 73 heavy (non-hydrogen) atoms. The Morgan fingerprint density at radius 1 is 0.274 bits per heavy atom. The molecule has 0 N–H and O–H groups in total. The summed E-state index contributed by atoms with van der Waals surface area (Å²) in [5, 5.41) is 0. The van der Waals surface area contributed by atoms with Crippen molar-refractivity contribution in [3.8, 4) is 0 Å². The van der Waals surface area contributed by atoms with E-state index in [1.54, 1.807) is 0 Å². The molecular formula is C67H122O6. The summed E-state index contributed by atoms with van der Waals surface area (Å²) >= 11 is 0. The summed E-state index contributed by atoms with van der Waals surface area (Å²) in [6, 6.07) is 0. The van der Waals surface area contributed by atoms with Gasteiger partial charge in [0.2, 0.25) is 0 Å². The molecule has 0 rings (SSSR count). The van der Waals surface area contributed by atoms with Crippen molar-refractivity contribution in [1.29, 1.82) is 0 Å². The molecule has 0 aromatic rings. The number of esters is 3. The van der Waals surface area contributed by atoms with E-state index in [-0.39, 0.29) is 31.1 Å². The van der Waals surface area contributed by atoms with Crippen LogP contribution in [0.2, 0.25) is 0 Å². The molecule has 0 spiro atoms. The highest BCUT2D eigenvalue weighted by molar-refractivity contribution is 5.71. The fourth-order valence-electron chi connectivity index (χ4n) is 9.45. The Balaban J connectivity index is 4.34. The average molecular weight is 1020 g/mol. The molecule has 0 saturated carbocycles. The van der Waals surface area contributed by atoms with Gasteiger partial charge in [-0.1, -0.05) is 288 Å². The molecule has 1 atom stereocenters. The second-order valence-corrected chi connectivity index (χ2v) is 21.7. The van der Waals surface area contributed by atoms with E-state index >= 15 is 0 Å². The zero-order chi connectivity index (χ0) is 52.9. The van der Waals surface area contributed by atoms with E-state index in [4.69, 9.17) is 14.2 Å². The third kappa shape index (κ3) is 60.1. The van der Waals surface area contributed by atoms with Crippen molar-refractivity contribution in [2.45, 2.75) is 348 Å². The minimum Gasteiger partial charge on any atom is -0.462 e. The lowest BCUT2D eigenvalue weighted by molar-refractivity contribution is -0.167. The first-order valence-corrected chi connectivity index (χ1v) is 32.1. The van der Waals surface area contributed by atoms with Crippen LogP contribution in [0.5, 0.6) is 0 Å². The van der Waals surface area contributed by atoms with Crippen molar-refractivity contribution >= 4 is 17.9 Å².